The summed E-state index contributed by atoms with van der Waals surface area (Å²) in [5.74, 6) is -0.632. The number of hydrogen-bond donors (Lipinski definition) is 0. The molecule has 0 spiro atoms. The van der Waals surface area contributed by atoms with Crippen molar-refractivity contribution in [2.45, 2.75) is 54.4 Å². The summed E-state index contributed by atoms with van der Waals surface area (Å²) < 4.78 is 9.99. The molecule has 0 aromatic rings. The van der Waals surface area contributed by atoms with Gasteiger partial charge in [-0.15, -0.1) is 0 Å². The molecule has 112 valence electrons. The second kappa shape index (κ2) is 8.18. The van der Waals surface area contributed by atoms with Gasteiger partial charge in [0.1, 0.15) is 0 Å². The van der Waals surface area contributed by atoms with Crippen LogP contribution in [0.15, 0.2) is 0 Å². The van der Waals surface area contributed by atoms with Crippen LogP contribution in [0.1, 0.15) is 54.4 Å². The van der Waals surface area contributed by atoms with Gasteiger partial charge in [-0.1, -0.05) is 27.7 Å². The molecule has 1 unspecified atom stereocenters. The van der Waals surface area contributed by atoms with Crippen LogP contribution >= 0.6 is 0 Å². The van der Waals surface area contributed by atoms with Crippen LogP contribution in [0.25, 0.3) is 0 Å². The molecule has 0 fully saturated rings. The fourth-order valence-corrected chi connectivity index (χ4v) is 1.79. The molecule has 19 heavy (non-hydrogen) atoms. The van der Waals surface area contributed by atoms with Crippen LogP contribution in [0, 0.1) is 17.3 Å². The van der Waals surface area contributed by atoms with E-state index in [0.29, 0.717) is 25.6 Å². The third-order valence-electron chi connectivity index (χ3n) is 3.67. The van der Waals surface area contributed by atoms with Gasteiger partial charge in [-0.05, 0) is 31.6 Å². The van der Waals surface area contributed by atoms with Gasteiger partial charge in [0.05, 0.1) is 25.6 Å². The molecule has 0 aromatic heterocycles. The highest BCUT2D eigenvalue weighted by Gasteiger charge is 2.32. The predicted molar refractivity (Wildman–Crippen MR) is 74.6 cm³/mol. The van der Waals surface area contributed by atoms with Crippen molar-refractivity contribution < 1.29 is 19.1 Å². The lowest BCUT2D eigenvalue weighted by Crippen LogP contribution is -2.30. The third kappa shape index (κ3) is 6.60. The molecular formula is C15H28O4. The number of esters is 2. The lowest BCUT2D eigenvalue weighted by Gasteiger charge is -2.32. The molecule has 0 heterocycles. The van der Waals surface area contributed by atoms with E-state index in [9.17, 15) is 9.59 Å². The summed E-state index contributed by atoms with van der Waals surface area (Å²) in [5.41, 5.74) is -0.0239. The van der Waals surface area contributed by atoms with Crippen molar-refractivity contribution in [1.82, 2.24) is 0 Å². The number of carbonyl (C=O) groups is 2. The van der Waals surface area contributed by atoms with Crippen LogP contribution in [0.2, 0.25) is 0 Å². The Morgan fingerprint density at radius 2 is 1.58 bits per heavy atom. The summed E-state index contributed by atoms with van der Waals surface area (Å²) in [6.45, 7) is 12.6. The largest absolute Gasteiger partial charge is 0.466 e. The summed E-state index contributed by atoms with van der Waals surface area (Å²) in [5, 5.41) is 0. The van der Waals surface area contributed by atoms with E-state index in [4.69, 9.17) is 9.47 Å². The maximum Gasteiger partial charge on any atom is 0.309 e. The Morgan fingerprint density at radius 1 is 1.05 bits per heavy atom. The standard InChI is InChI=1S/C15H28O4/c1-7-18-13(16)9-12(14(17)19-8-2)10-15(5,6)11(3)4/h11-12H,7-10H2,1-6H3. The molecule has 0 N–H and O–H groups in total. The first-order valence-electron chi connectivity index (χ1n) is 7.06. The monoisotopic (exact) mass is 272 g/mol. The first-order valence-corrected chi connectivity index (χ1v) is 7.06. The molecule has 0 aliphatic rings. The highest BCUT2D eigenvalue weighted by Crippen LogP contribution is 2.35. The molecule has 0 saturated heterocycles. The fourth-order valence-electron chi connectivity index (χ4n) is 1.79. The number of carbonyl (C=O) groups excluding carboxylic acids is 2. The maximum absolute atomic E-state index is 12.0. The Bertz CT molecular complexity index is 295. The van der Waals surface area contributed by atoms with E-state index >= 15 is 0 Å². The first kappa shape index (κ1) is 17.9. The zero-order valence-electron chi connectivity index (χ0n) is 13.1. The van der Waals surface area contributed by atoms with Crippen LogP contribution in [-0.4, -0.2) is 25.2 Å². The van der Waals surface area contributed by atoms with Gasteiger partial charge in [0, 0.05) is 0 Å². The van der Waals surface area contributed by atoms with Gasteiger partial charge in [0.2, 0.25) is 0 Å². The van der Waals surface area contributed by atoms with Crippen molar-refractivity contribution in [1.29, 1.82) is 0 Å². The molecule has 4 heteroatoms. The zero-order chi connectivity index (χ0) is 15.1. The SMILES string of the molecule is CCOC(=O)CC(CC(C)(C)C(C)C)C(=O)OCC. The maximum atomic E-state index is 12.0. The molecule has 0 rings (SSSR count). The van der Waals surface area contributed by atoms with E-state index in [2.05, 4.69) is 27.7 Å². The Kier molecular flexibility index (Phi) is 7.72. The van der Waals surface area contributed by atoms with Crippen molar-refractivity contribution in [3.05, 3.63) is 0 Å². The van der Waals surface area contributed by atoms with E-state index in [1.165, 1.54) is 0 Å². The molecular weight excluding hydrogens is 244 g/mol. The molecule has 4 nitrogen and oxygen atoms in total. The summed E-state index contributed by atoms with van der Waals surface area (Å²) >= 11 is 0. The topological polar surface area (TPSA) is 52.6 Å². The molecule has 0 saturated carbocycles. The second-order valence-electron chi connectivity index (χ2n) is 5.81. The van der Waals surface area contributed by atoms with E-state index < -0.39 is 5.92 Å². The zero-order valence-corrected chi connectivity index (χ0v) is 13.1. The van der Waals surface area contributed by atoms with Gasteiger partial charge in [0.25, 0.3) is 0 Å². The first-order chi connectivity index (χ1) is 8.74. The number of rotatable bonds is 8. The summed E-state index contributed by atoms with van der Waals surface area (Å²) in [7, 11) is 0. The Labute approximate surface area is 116 Å². The minimum absolute atomic E-state index is 0.0239. The van der Waals surface area contributed by atoms with Gasteiger partial charge in [0.15, 0.2) is 0 Å². The van der Waals surface area contributed by atoms with E-state index in [1.807, 2.05) is 0 Å². The summed E-state index contributed by atoms with van der Waals surface area (Å²) in [4.78, 5) is 23.5. The predicted octanol–water partition coefficient (Wildman–Crippen LogP) is 3.19. The smallest absolute Gasteiger partial charge is 0.309 e. The van der Waals surface area contributed by atoms with E-state index in [1.54, 1.807) is 13.8 Å². The van der Waals surface area contributed by atoms with Gasteiger partial charge >= 0.3 is 11.9 Å². The highest BCUT2D eigenvalue weighted by molar-refractivity contribution is 5.80. The minimum Gasteiger partial charge on any atom is -0.466 e. The molecule has 0 radical (unpaired) electrons. The molecule has 0 bridgehead atoms. The Morgan fingerprint density at radius 3 is 2.00 bits per heavy atom. The van der Waals surface area contributed by atoms with Gasteiger partial charge in [-0.3, -0.25) is 9.59 Å². The average Bonchev–Trinajstić information content (AvgIpc) is 2.28. The van der Waals surface area contributed by atoms with E-state index in [0.717, 1.165) is 0 Å². The normalized spacial score (nSPS) is 13.2. The second-order valence-corrected chi connectivity index (χ2v) is 5.81. The molecule has 0 amide bonds. The van der Waals surface area contributed by atoms with Crippen molar-refractivity contribution >= 4 is 11.9 Å². The molecule has 1 atom stereocenters. The molecule has 0 aliphatic carbocycles. The van der Waals surface area contributed by atoms with Crippen LogP contribution in [0.4, 0.5) is 0 Å². The lowest BCUT2D eigenvalue weighted by molar-refractivity contribution is -0.156. The van der Waals surface area contributed by atoms with Crippen molar-refractivity contribution in [2.24, 2.45) is 17.3 Å². The fraction of sp³-hybridized carbons (Fsp3) is 0.867. The lowest BCUT2D eigenvalue weighted by atomic mass is 9.73. The Balaban J connectivity index is 4.77. The number of ether oxygens (including phenoxy) is 2. The van der Waals surface area contributed by atoms with Crippen molar-refractivity contribution in [2.75, 3.05) is 13.2 Å². The third-order valence-corrected chi connectivity index (χ3v) is 3.67. The van der Waals surface area contributed by atoms with Gasteiger partial charge in [-0.25, -0.2) is 0 Å². The van der Waals surface area contributed by atoms with Crippen molar-refractivity contribution in [3.63, 3.8) is 0 Å². The minimum atomic E-state index is -0.420. The summed E-state index contributed by atoms with van der Waals surface area (Å²) in [6.07, 6.45) is 0.727. The highest BCUT2D eigenvalue weighted by atomic mass is 16.5. The van der Waals surface area contributed by atoms with Gasteiger partial charge < -0.3 is 9.47 Å². The molecule has 0 aromatic carbocycles. The van der Waals surface area contributed by atoms with Crippen LogP contribution in [0.5, 0.6) is 0 Å². The quantitative estimate of drug-likeness (QED) is 0.637. The average molecular weight is 272 g/mol. The van der Waals surface area contributed by atoms with Gasteiger partial charge in [-0.2, -0.15) is 0 Å². The van der Waals surface area contributed by atoms with Crippen LogP contribution in [-0.2, 0) is 19.1 Å². The Hall–Kier alpha value is -1.06. The van der Waals surface area contributed by atoms with Crippen LogP contribution in [0.3, 0.4) is 0 Å². The van der Waals surface area contributed by atoms with E-state index in [-0.39, 0.29) is 23.8 Å². The molecule has 0 aliphatic heterocycles. The van der Waals surface area contributed by atoms with Crippen LogP contribution < -0.4 is 0 Å². The number of hydrogen-bond acceptors (Lipinski definition) is 4. The van der Waals surface area contributed by atoms with Crippen molar-refractivity contribution in [3.8, 4) is 0 Å². The summed E-state index contributed by atoms with van der Waals surface area (Å²) in [6, 6.07) is 0.